The Hall–Kier alpha value is -1.26. The third kappa shape index (κ3) is 4.55. The zero-order chi connectivity index (χ0) is 13.5. The third-order valence-electron chi connectivity index (χ3n) is 3.59. The molecule has 0 aromatic heterocycles. The predicted octanol–water partition coefficient (Wildman–Crippen LogP) is 1.94. The quantitative estimate of drug-likeness (QED) is 0.341. The van der Waals surface area contributed by atoms with Gasteiger partial charge in [-0.15, -0.1) is 0 Å². The van der Waals surface area contributed by atoms with Crippen LogP contribution in [0.3, 0.4) is 0 Å². The number of oxime groups is 1. The summed E-state index contributed by atoms with van der Waals surface area (Å²) in [7, 11) is 0. The molecular weight excluding hydrogens is 230 g/mol. The molecule has 1 saturated carbocycles. The number of carbonyl (C=O) groups is 1. The van der Waals surface area contributed by atoms with Crippen molar-refractivity contribution in [2.24, 2.45) is 16.8 Å². The number of hydrogen-bond donors (Lipinski definition) is 2. The first-order valence-electron chi connectivity index (χ1n) is 6.80. The summed E-state index contributed by atoms with van der Waals surface area (Å²) in [5.74, 6) is 0.712. The first-order valence-corrected chi connectivity index (χ1v) is 6.80. The fourth-order valence-corrected chi connectivity index (χ4v) is 2.52. The molecule has 0 saturated heterocycles. The van der Waals surface area contributed by atoms with E-state index in [1.54, 1.807) is 4.90 Å². The molecule has 0 bridgehead atoms. The summed E-state index contributed by atoms with van der Waals surface area (Å²) in [6.45, 7) is 4.10. The highest BCUT2D eigenvalue weighted by molar-refractivity contribution is 5.87. The lowest BCUT2D eigenvalue weighted by Gasteiger charge is -2.29. The van der Waals surface area contributed by atoms with Crippen LogP contribution in [-0.2, 0) is 4.79 Å². The van der Waals surface area contributed by atoms with Gasteiger partial charge in [-0.1, -0.05) is 24.4 Å². The summed E-state index contributed by atoms with van der Waals surface area (Å²) < 4.78 is 0. The number of carbonyl (C=O) groups excluding carboxylic acids is 1. The van der Waals surface area contributed by atoms with Crippen LogP contribution in [0.25, 0.3) is 0 Å². The van der Waals surface area contributed by atoms with Crippen molar-refractivity contribution in [1.29, 1.82) is 0 Å². The van der Waals surface area contributed by atoms with Gasteiger partial charge in [-0.05, 0) is 32.6 Å². The van der Waals surface area contributed by atoms with Gasteiger partial charge in [0.2, 0.25) is 5.91 Å². The Morgan fingerprint density at radius 3 is 2.50 bits per heavy atom. The van der Waals surface area contributed by atoms with Gasteiger partial charge in [-0.2, -0.15) is 0 Å². The molecule has 5 heteroatoms. The molecule has 0 aromatic rings. The maximum Gasteiger partial charge on any atom is 0.223 e. The van der Waals surface area contributed by atoms with Gasteiger partial charge in [0.25, 0.3) is 0 Å². The zero-order valence-electron chi connectivity index (χ0n) is 11.4. The van der Waals surface area contributed by atoms with E-state index in [-0.39, 0.29) is 24.3 Å². The molecule has 0 aliphatic heterocycles. The van der Waals surface area contributed by atoms with E-state index in [2.05, 4.69) is 5.16 Å². The summed E-state index contributed by atoms with van der Waals surface area (Å²) in [6, 6.07) is 0.0707. The second-order valence-corrected chi connectivity index (χ2v) is 5.41. The van der Waals surface area contributed by atoms with Gasteiger partial charge in [-0.3, -0.25) is 4.79 Å². The van der Waals surface area contributed by atoms with Gasteiger partial charge in [0.1, 0.15) is 0 Å². The van der Waals surface area contributed by atoms with Gasteiger partial charge < -0.3 is 15.8 Å². The van der Waals surface area contributed by atoms with Crippen LogP contribution in [0.5, 0.6) is 0 Å². The van der Waals surface area contributed by atoms with E-state index in [4.69, 9.17) is 10.9 Å². The zero-order valence-corrected chi connectivity index (χ0v) is 11.4. The van der Waals surface area contributed by atoms with E-state index < -0.39 is 0 Å². The van der Waals surface area contributed by atoms with Crippen molar-refractivity contribution < 1.29 is 10.0 Å². The Kier molecular flexibility index (Phi) is 5.95. The minimum atomic E-state index is 0.0707. The molecule has 5 nitrogen and oxygen atoms in total. The molecule has 0 atom stereocenters. The van der Waals surface area contributed by atoms with Gasteiger partial charge in [-0.25, -0.2) is 0 Å². The minimum Gasteiger partial charge on any atom is -0.409 e. The fourth-order valence-electron chi connectivity index (χ4n) is 2.52. The van der Waals surface area contributed by atoms with E-state index in [0.717, 1.165) is 12.8 Å². The van der Waals surface area contributed by atoms with Crippen molar-refractivity contribution in [3.8, 4) is 0 Å². The second-order valence-electron chi connectivity index (χ2n) is 5.41. The van der Waals surface area contributed by atoms with E-state index >= 15 is 0 Å². The molecule has 0 aromatic carbocycles. The van der Waals surface area contributed by atoms with Crippen molar-refractivity contribution in [3.63, 3.8) is 0 Å². The Balaban J connectivity index is 2.53. The molecule has 104 valence electrons. The maximum absolute atomic E-state index is 12.2. The van der Waals surface area contributed by atoms with Crippen molar-refractivity contribution in [2.45, 2.75) is 58.4 Å². The van der Waals surface area contributed by atoms with E-state index in [1.165, 1.54) is 19.3 Å². The summed E-state index contributed by atoms with van der Waals surface area (Å²) in [5, 5.41) is 11.5. The first kappa shape index (κ1) is 14.8. The first-order chi connectivity index (χ1) is 8.54. The van der Waals surface area contributed by atoms with Gasteiger partial charge >= 0.3 is 0 Å². The van der Waals surface area contributed by atoms with Crippen LogP contribution in [0.1, 0.15) is 52.4 Å². The van der Waals surface area contributed by atoms with Gasteiger partial charge in [0, 0.05) is 12.5 Å². The normalized spacial score (nSPS) is 18.1. The fraction of sp³-hybridized carbons (Fsp3) is 0.846. The number of hydrogen-bond acceptors (Lipinski definition) is 3. The number of rotatable bonds is 5. The molecule has 0 spiro atoms. The molecule has 18 heavy (non-hydrogen) atoms. The number of nitrogens with zero attached hydrogens (tertiary/aromatic N) is 2. The SMILES string of the molecule is CC(C)N(CC(N)=NO)C(=O)CC1CCCCC1. The molecule has 1 fully saturated rings. The average Bonchev–Trinajstić information content (AvgIpc) is 2.36. The standard InChI is InChI=1S/C13H25N3O2/c1-10(2)16(9-12(14)15-18)13(17)8-11-6-4-3-5-7-11/h10-11,18H,3-9H2,1-2H3,(H2,14,15). The molecule has 1 aliphatic carbocycles. The average molecular weight is 255 g/mol. The molecule has 0 unspecified atom stereocenters. The summed E-state index contributed by atoms with van der Waals surface area (Å²) in [4.78, 5) is 13.9. The highest BCUT2D eigenvalue weighted by Crippen LogP contribution is 2.27. The van der Waals surface area contributed by atoms with E-state index in [1.807, 2.05) is 13.8 Å². The third-order valence-corrected chi connectivity index (χ3v) is 3.59. The van der Waals surface area contributed by atoms with E-state index in [0.29, 0.717) is 12.3 Å². The smallest absolute Gasteiger partial charge is 0.223 e. The molecule has 3 N–H and O–H groups in total. The highest BCUT2D eigenvalue weighted by atomic mass is 16.4. The molecule has 1 amide bonds. The lowest BCUT2D eigenvalue weighted by molar-refractivity contribution is -0.133. The molecule has 1 rings (SSSR count). The second kappa shape index (κ2) is 7.24. The Morgan fingerprint density at radius 1 is 1.39 bits per heavy atom. The Morgan fingerprint density at radius 2 is 2.00 bits per heavy atom. The van der Waals surface area contributed by atoms with Crippen LogP contribution in [0.4, 0.5) is 0 Å². The van der Waals surface area contributed by atoms with Crippen molar-refractivity contribution in [2.75, 3.05) is 6.54 Å². The van der Waals surface area contributed by atoms with Crippen LogP contribution >= 0.6 is 0 Å². The van der Waals surface area contributed by atoms with Crippen LogP contribution < -0.4 is 5.73 Å². The van der Waals surface area contributed by atoms with E-state index in [9.17, 15) is 4.79 Å². The van der Waals surface area contributed by atoms with Crippen molar-refractivity contribution >= 4 is 11.7 Å². The van der Waals surface area contributed by atoms with Gasteiger partial charge in [0.05, 0.1) is 6.54 Å². The molecule has 1 aliphatic rings. The van der Waals surface area contributed by atoms with Crippen LogP contribution in [0.15, 0.2) is 5.16 Å². The lowest BCUT2D eigenvalue weighted by atomic mass is 9.86. The largest absolute Gasteiger partial charge is 0.409 e. The van der Waals surface area contributed by atoms with Gasteiger partial charge in [0.15, 0.2) is 5.84 Å². The number of amides is 1. The topological polar surface area (TPSA) is 78.9 Å². The molecule has 0 radical (unpaired) electrons. The summed E-state index contributed by atoms with van der Waals surface area (Å²) >= 11 is 0. The van der Waals surface area contributed by atoms with Crippen LogP contribution in [0.2, 0.25) is 0 Å². The number of nitrogens with two attached hydrogens (primary N) is 1. The lowest BCUT2D eigenvalue weighted by Crippen LogP contribution is -2.43. The summed E-state index contributed by atoms with van der Waals surface area (Å²) in [6.07, 6.45) is 6.67. The monoisotopic (exact) mass is 255 g/mol. The van der Waals surface area contributed by atoms with Crippen LogP contribution in [-0.4, -0.2) is 34.4 Å². The maximum atomic E-state index is 12.2. The summed E-state index contributed by atoms with van der Waals surface area (Å²) in [5.41, 5.74) is 5.49. The minimum absolute atomic E-state index is 0.0707. The van der Waals surface area contributed by atoms with Crippen molar-refractivity contribution in [3.05, 3.63) is 0 Å². The molecule has 0 heterocycles. The Bertz CT molecular complexity index is 297. The number of amidine groups is 1. The predicted molar refractivity (Wildman–Crippen MR) is 71.4 cm³/mol. The highest BCUT2D eigenvalue weighted by Gasteiger charge is 2.23. The molecular formula is C13H25N3O2. The van der Waals surface area contributed by atoms with Crippen molar-refractivity contribution in [1.82, 2.24) is 4.90 Å². The van der Waals surface area contributed by atoms with Crippen LogP contribution in [0, 0.1) is 5.92 Å². The Labute approximate surface area is 109 Å².